The fourth-order valence-electron chi connectivity index (χ4n) is 3.13. The van der Waals surface area contributed by atoms with Gasteiger partial charge in [0.05, 0.1) is 5.71 Å². The molecule has 4 rings (SSSR count). The van der Waals surface area contributed by atoms with Gasteiger partial charge in [-0.3, -0.25) is 0 Å². The van der Waals surface area contributed by atoms with Gasteiger partial charge >= 0.3 is 0 Å². The molecule has 0 amide bonds. The summed E-state index contributed by atoms with van der Waals surface area (Å²) < 4.78 is 5.87. The second kappa shape index (κ2) is 6.68. The van der Waals surface area contributed by atoms with E-state index >= 15 is 0 Å². The molecule has 0 spiro atoms. The van der Waals surface area contributed by atoms with Gasteiger partial charge in [-0.25, -0.2) is 4.99 Å². The molecular formula is C23H22N2O. The summed E-state index contributed by atoms with van der Waals surface area (Å²) in [5.74, 6) is 0.858. The van der Waals surface area contributed by atoms with Gasteiger partial charge in [-0.1, -0.05) is 42.5 Å². The van der Waals surface area contributed by atoms with Gasteiger partial charge in [0.2, 0.25) is 0 Å². The molecule has 0 radical (unpaired) electrons. The normalized spacial score (nSPS) is 12.8. The molecule has 0 aliphatic carbocycles. The van der Waals surface area contributed by atoms with Gasteiger partial charge in [0.15, 0.2) is 0 Å². The van der Waals surface area contributed by atoms with E-state index in [1.54, 1.807) is 0 Å². The average Bonchev–Trinajstić information content (AvgIpc) is 2.67. The van der Waals surface area contributed by atoms with E-state index in [-0.39, 0.29) is 0 Å². The summed E-state index contributed by atoms with van der Waals surface area (Å²) in [4.78, 5) is 6.92. The predicted molar refractivity (Wildman–Crippen MR) is 109 cm³/mol. The number of fused-ring (bicyclic) bond motifs is 1. The van der Waals surface area contributed by atoms with Crippen molar-refractivity contribution in [1.82, 2.24) is 0 Å². The second-order valence-electron chi connectivity index (χ2n) is 6.84. The molecule has 0 aromatic heterocycles. The molecule has 3 nitrogen and oxygen atoms in total. The summed E-state index contributed by atoms with van der Waals surface area (Å²) >= 11 is 0. The summed E-state index contributed by atoms with van der Waals surface area (Å²) in [5.41, 5.74) is 7.78. The fraction of sp³-hybridized carbons (Fsp3) is 0.174. The highest BCUT2D eigenvalue weighted by Gasteiger charge is 2.14. The highest BCUT2D eigenvalue weighted by atomic mass is 16.5. The van der Waals surface area contributed by atoms with Gasteiger partial charge in [0.25, 0.3) is 0 Å². The van der Waals surface area contributed by atoms with Crippen LogP contribution in [0.2, 0.25) is 0 Å². The van der Waals surface area contributed by atoms with Crippen LogP contribution < -0.4 is 9.64 Å². The van der Waals surface area contributed by atoms with Crippen molar-refractivity contribution in [2.24, 2.45) is 4.99 Å². The van der Waals surface area contributed by atoms with Crippen molar-refractivity contribution >= 4 is 17.1 Å². The topological polar surface area (TPSA) is 24.8 Å². The zero-order valence-electron chi connectivity index (χ0n) is 15.4. The third-order valence-corrected chi connectivity index (χ3v) is 4.65. The number of hydrogen-bond donors (Lipinski definition) is 0. The van der Waals surface area contributed by atoms with E-state index in [0.29, 0.717) is 6.61 Å². The van der Waals surface area contributed by atoms with Gasteiger partial charge in [-0.2, -0.15) is 0 Å². The van der Waals surface area contributed by atoms with Crippen molar-refractivity contribution in [2.75, 3.05) is 25.6 Å². The smallest absolute Gasteiger partial charge is 0.145 e. The predicted octanol–water partition coefficient (Wildman–Crippen LogP) is 5.24. The third-order valence-electron chi connectivity index (χ3n) is 4.65. The Labute approximate surface area is 154 Å². The summed E-state index contributed by atoms with van der Waals surface area (Å²) in [6, 6.07) is 23.2. The maximum absolute atomic E-state index is 5.87. The molecule has 26 heavy (non-hydrogen) atoms. The number of rotatable bonds is 3. The minimum Gasteiger partial charge on any atom is -0.485 e. The van der Waals surface area contributed by atoms with E-state index in [1.807, 2.05) is 6.07 Å². The van der Waals surface area contributed by atoms with Crippen LogP contribution in [0.1, 0.15) is 11.1 Å². The number of ether oxygens (including phenoxy) is 1. The van der Waals surface area contributed by atoms with Crippen LogP contribution >= 0.6 is 0 Å². The minimum absolute atomic E-state index is 0.505. The van der Waals surface area contributed by atoms with Crippen LogP contribution in [-0.2, 0) is 0 Å². The van der Waals surface area contributed by atoms with Crippen LogP contribution in [0.4, 0.5) is 11.4 Å². The lowest BCUT2D eigenvalue weighted by molar-refractivity contribution is 0.373. The van der Waals surface area contributed by atoms with Gasteiger partial charge < -0.3 is 9.64 Å². The summed E-state index contributed by atoms with van der Waals surface area (Å²) in [7, 11) is 4.12. The fourth-order valence-corrected chi connectivity index (χ4v) is 3.13. The number of hydrogen-bond acceptors (Lipinski definition) is 3. The molecule has 3 heteroatoms. The maximum Gasteiger partial charge on any atom is 0.145 e. The Balaban J connectivity index is 1.63. The second-order valence-corrected chi connectivity index (χ2v) is 6.84. The molecule has 1 aliphatic heterocycles. The van der Waals surface area contributed by atoms with E-state index in [9.17, 15) is 0 Å². The Hall–Kier alpha value is -3.07. The number of benzene rings is 3. The van der Waals surface area contributed by atoms with Crippen molar-refractivity contribution in [3.8, 4) is 16.9 Å². The zero-order valence-corrected chi connectivity index (χ0v) is 15.4. The molecule has 1 heterocycles. The quantitative estimate of drug-likeness (QED) is 0.650. The Bertz CT molecular complexity index is 972. The van der Waals surface area contributed by atoms with Gasteiger partial charge in [-0.05, 0) is 53.4 Å². The van der Waals surface area contributed by atoms with Crippen LogP contribution in [0.5, 0.6) is 5.75 Å². The molecule has 0 unspecified atom stereocenters. The molecule has 3 aromatic rings. The van der Waals surface area contributed by atoms with Crippen LogP contribution in [0, 0.1) is 6.92 Å². The van der Waals surface area contributed by atoms with Crippen LogP contribution in [-0.4, -0.2) is 26.4 Å². The summed E-state index contributed by atoms with van der Waals surface area (Å²) in [6.07, 6.45) is 0. The Kier molecular flexibility index (Phi) is 4.21. The molecular weight excluding hydrogens is 320 g/mol. The molecule has 3 aromatic carbocycles. The zero-order chi connectivity index (χ0) is 18.1. The number of aliphatic imine (C=N–C) groups is 1. The van der Waals surface area contributed by atoms with Crippen molar-refractivity contribution in [3.05, 3.63) is 77.9 Å². The molecule has 130 valence electrons. The lowest BCUT2D eigenvalue weighted by Crippen LogP contribution is -2.16. The molecule has 0 atom stereocenters. The van der Waals surface area contributed by atoms with E-state index in [0.717, 1.165) is 22.7 Å². The largest absolute Gasteiger partial charge is 0.485 e. The first-order chi connectivity index (χ1) is 12.6. The third kappa shape index (κ3) is 3.21. The minimum atomic E-state index is 0.505. The summed E-state index contributed by atoms with van der Waals surface area (Å²) in [5, 5.41) is 0. The van der Waals surface area contributed by atoms with E-state index < -0.39 is 0 Å². The lowest BCUT2D eigenvalue weighted by atomic mass is 10.0. The van der Waals surface area contributed by atoms with Crippen molar-refractivity contribution in [2.45, 2.75) is 6.92 Å². The van der Waals surface area contributed by atoms with Crippen molar-refractivity contribution < 1.29 is 4.74 Å². The SMILES string of the molecule is Cc1ccc2c(c1)N=C(c1ccc(-c3cccc(N(C)C)c3)cc1)CO2. The van der Waals surface area contributed by atoms with Gasteiger partial charge in [-0.15, -0.1) is 0 Å². The standard InChI is InChI=1S/C23H22N2O/c1-16-7-12-23-21(13-16)24-22(15-26-23)18-10-8-17(9-11-18)19-5-4-6-20(14-19)25(2)3/h4-14H,15H2,1-3H3. The first kappa shape index (κ1) is 16.4. The lowest BCUT2D eigenvalue weighted by Gasteiger charge is -2.18. The first-order valence-electron chi connectivity index (χ1n) is 8.79. The van der Waals surface area contributed by atoms with Gasteiger partial charge in [0.1, 0.15) is 18.0 Å². The highest BCUT2D eigenvalue weighted by Crippen LogP contribution is 2.32. The highest BCUT2D eigenvalue weighted by molar-refractivity contribution is 6.04. The molecule has 0 fully saturated rings. The first-order valence-corrected chi connectivity index (χ1v) is 8.79. The van der Waals surface area contributed by atoms with Crippen molar-refractivity contribution in [3.63, 3.8) is 0 Å². The van der Waals surface area contributed by atoms with Crippen LogP contribution in [0.3, 0.4) is 0 Å². The Morgan fingerprint density at radius 1 is 0.846 bits per heavy atom. The molecule has 0 saturated heterocycles. The molecule has 1 aliphatic rings. The Morgan fingerprint density at radius 3 is 2.38 bits per heavy atom. The van der Waals surface area contributed by atoms with Crippen molar-refractivity contribution in [1.29, 1.82) is 0 Å². The van der Waals surface area contributed by atoms with Gasteiger partial charge in [0, 0.05) is 19.8 Å². The molecule has 0 N–H and O–H groups in total. The number of nitrogens with zero attached hydrogens (tertiary/aromatic N) is 2. The van der Waals surface area contributed by atoms with E-state index in [1.165, 1.54) is 22.4 Å². The molecule has 0 saturated carbocycles. The van der Waals surface area contributed by atoms with Crippen LogP contribution in [0.25, 0.3) is 11.1 Å². The van der Waals surface area contributed by atoms with E-state index in [2.05, 4.69) is 86.6 Å². The number of aryl methyl sites for hydroxylation is 1. The maximum atomic E-state index is 5.87. The van der Waals surface area contributed by atoms with E-state index in [4.69, 9.17) is 9.73 Å². The Morgan fingerprint density at radius 2 is 1.62 bits per heavy atom. The average molecular weight is 342 g/mol. The van der Waals surface area contributed by atoms with Crippen LogP contribution in [0.15, 0.2) is 71.7 Å². The number of anilines is 1. The monoisotopic (exact) mass is 342 g/mol. The summed E-state index contributed by atoms with van der Waals surface area (Å²) in [6.45, 7) is 2.58. The molecule has 0 bridgehead atoms.